The first-order valence-electron chi connectivity index (χ1n) is 8.17. The summed E-state index contributed by atoms with van der Waals surface area (Å²) in [6, 6.07) is 19.6. The van der Waals surface area contributed by atoms with Gasteiger partial charge in [0.2, 0.25) is 0 Å². The van der Waals surface area contributed by atoms with E-state index in [1.807, 2.05) is 24.3 Å². The van der Waals surface area contributed by atoms with Crippen LogP contribution in [-0.2, 0) is 12.7 Å². The van der Waals surface area contributed by atoms with Gasteiger partial charge in [-0.3, -0.25) is 0 Å². The Morgan fingerprint density at radius 1 is 0.760 bits per heavy atom. The van der Waals surface area contributed by atoms with Gasteiger partial charge in [-0.2, -0.15) is 13.2 Å². The highest BCUT2D eigenvalue weighted by atomic mass is 19.4. The highest BCUT2D eigenvalue weighted by Crippen LogP contribution is 2.34. The number of hydrogen-bond acceptors (Lipinski definition) is 0. The van der Waals surface area contributed by atoms with Crippen molar-refractivity contribution in [2.24, 2.45) is 0 Å². The molecule has 0 N–H and O–H groups in total. The van der Waals surface area contributed by atoms with Gasteiger partial charge in [0.05, 0.1) is 5.56 Å². The molecular weight excluding hydrogens is 323 g/mol. The standard InChI is InChI=1S/C21H16F3N/c1-2-25-19-6-4-3-5-17(19)18-13-15(9-12-20(18)25)14-7-10-16(11-8-14)21(22,23)24/h3-13H,2H2,1H3. The van der Waals surface area contributed by atoms with E-state index in [4.69, 9.17) is 0 Å². The number of benzene rings is 3. The average Bonchev–Trinajstić information content (AvgIpc) is 2.94. The van der Waals surface area contributed by atoms with Gasteiger partial charge >= 0.3 is 6.18 Å². The minimum atomic E-state index is -4.31. The van der Waals surface area contributed by atoms with Crippen LogP contribution in [0.5, 0.6) is 0 Å². The molecule has 4 heteroatoms. The van der Waals surface area contributed by atoms with E-state index >= 15 is 0 Å². The van der Waals surface area contributed by atoms with Crippen molar-refractivity contribution in [2.45, 2.75) is 19.6 Å². The first kappa shape index (κ1) is 15.8. The zero-order valence-electron chi connectivity index (χ0n) is 13.6. The van der Waals surface area contributed by atoms with Crippen molar-refractivity contribution in [3.05, 3.63) is 72.3 Å². The van der Waals surface area contributed by atoms with Crippen LogP contribution in [0.1, 0.15) is 12.5 Å². The van der Waals surface area contributed by atoms with E-state index in [1.165, 1.54) is 17.6 Å². The maximum atomic E-state index is 12.7. The fourth-order valence-electron chi connectivity index (χ4n) is 3.43. The van der Waals surface area contributed by atoms with Crippen LogP contribution < -0.4 is 0 Å². The molecule has 0 aliphatic rings. The summed E-state index contributed by atoms with van der Waals surface area (Å²) in [6.07, 6.45) is -4.31. The normalized spacial score (nSPS) is 12.2. The smallest absolute Gasteiger partial charge is 0.341 e. The van der Waals surface area contributed by atoms with Gasteiger partial charge < -0.3 is 4.57 Å². The summed E-state index contributed by atoms with van der Waals surface area (Å²) in [5.41, 5.74) is 3.38. The Bertz CT molecular complexity index is 1060. The molecule has 0 aliphatic heterocycles. The number of para-hydroxylation sites is 1. The van der Waals surface area contributed by atoms with Crippen LogP contribution in [0.25, 0.3) is 32.9 Å². The second kappa shape index (κ2) is 5.66. The van der Waals surface area contributed by atoms with Gasteiger partial charge in [0.15, 0.2) is 0 Å². The van der Waals surface area contributed by atoms with Crippen molar-refractivity contribution in [1.29, 1.82) is 0 Å². The van der Waals surface area contributed by atoms with Crippen molar-refractivity contribution >= 4 is 21.8 Å². The Balaban J connectivity index is 1.88. The molecule has 4 rings (SSSR count). The fraction of sp³-hybridized carbons (Fsp3) is 0.143. The average molecular weight is 339 g/mol. The maximum Gasteiger partial charge on any atom is 0.416 e. The van der Waals surface area contributed by atoms with Gasteiger partial charge in [-0.1, -0.05) is 36.4 Å². The second-order valence-electron chi connectivity index (χ2n) is 6.07. The van der Waals surface area contributed by atoms with Gasteiger partial charge in [0, 0.05) is 28.4 Å². The van der Waals surface area contributed by atoms with Crippen LogP contribution in [-0.4, -0.2) is 4.57 Å². The summed E-state index contributed by atoms with van der Waals surface area (Å²) in [6.45, 7) is 2.97. The van der Waals surface area contributed by atoms with E-state index in [-0.39, 0.29) is 0 Å². The van der Waals surface area contributed by atoms with Gasteiger partial charge in [-0.05, 0) is 48.4 Å². The van der Waals surface area contributed by atoms with Gasteiger partial charge in [0.1, 0.15) is 0 Å². The first-order chi connectivity index (χ1) is 12.0. The number of rotatable bonds is 2. The predicted octanol–water partition coefficient (Wildman–Crippen LogP) is 6.50. The summed E-state index contributed by atoms with van der Waals surface area (Å²) in [4.78, 5) is 0. The molecule has 4 aromatic rings. The van der Waals surface area contributed by atoms with Crippen LogP contribution >= 0.6 is 0 Å². The number of aromatic nitrogens is 1. The molecule has 0 saturated carbocycles. The zero-order chi connectivity index (χ0) is 17.6. The SMILES string of the molecule is CCn1c2ccccc2c2cc(-c3ccc(C(F)(F)F)cc3)ccc21. The number of halogens is 3. The minimum Gasteiger partial charge on any atom is -0.341 e. The highest BCUT2D eigenvalue weighted by molar-refractivity contribution is 6.09. The van der Waals surface area contributed by atoms with Gasteiger partial charge in [-0.25, -0.2) is 0 Å². The third-order valence-corrected chi connectivity index (χ3v) is 4.63. The van der Waals surface area contributed by atoms with Crippen LogP contribution in [0.4, 0.5) is 13.2 Å². The molecule has 0 atom stereocenters. The van der Waals surface area contributed by atoms with Crippen molar-refractivity contribution < 1.29 is 13.2 Å². The second-order valence-corrected chi connectivity index (χ2v) is 6.07. The minimum absolute atomic E-state index is 0.625. The molecule has 0 radical (unpaired) electrons. The molecule has 0 aliphatic carbocycles. The van der Waals surface area contributed by atoms with Crippen LogP contribution in [0, 0.1) is 0 Å². The third-order valence-electron chi connectivity index (χ3n) is 4.63. The Hall–Kier alpha value is -2.75. The number of nitrogens with zero attached hydrogens (tertiary/aromatic N) is 1. The van der Waals surface area contributed by atoms with Gasteiger partial charge in [-0.15, -0.1) is 0 Å². The molecular formula is C21H16F3N. The van der Waals surface area contributed by atoms with E-state index in [0.717, 1.165) is 46.1 Å². The highest BCUT2D eigenvalue weighted by Gasteiger charge is 2.29. The lowest BCUT2D eigenvalue weighted by atomic mass is 10.0. The summed E-state index contributed by atoms with van der Waals surface area (Å²) >= 11 is 0. The van der Waals surface area contributed by atoms with Crippen molar-refractivity contribution in [3.63, 3.8) is 0 Å². The molecule has 0 saturated heterocycles. The molecule has 25 heavy (non-hydrogen) atoms. The monoisotopic (exact) mass is 339 g/mol. The lowest BCUT2D eigenvalue weighted by Crippen LogP contribution is -2.03. The van der Waals surface area contributed by atoms with Crippen molar-refractivity contribution in [1.82, 2.24) is 4.57 Å². The maximum absolute atomic E-state index is 12.7. The Kier molecular flexibility index (Phi) is 3.57. The fourth-order valence-corrected chi connectivity index (χ4v) is 3.43. The van der Waals surface area contributed by atoms with Crippen molar-refractivity contribution in [3.8, 4) is 11.1 Å². The Morgan fingerprint density at radius 3 is 2.08 bits per heavy atom. The summed E-state index contributed by atoms with van der Waals surface area (Å²) in [7, 11) is 0. The zero-order valence-corrected chi connectivity index (χ0v) is 13.6. The molecule has 0 spiro atoms. The largest absolute Gasteiger partial charge is 0.416 e. The summed E-state index contributed by atoms with van der Waals surface area (Å²) < 4.78 is 40.5. The van der Waals surface area contributed by atoms with Gasteiger partial charge in [0.25, 0.3) is 0 Å². The molecule has 3 aromatic carbocycles. The van der Waals surface area contributed by atoms with Crippen LogP contribution in [0.3, 0.4) is 0 Å². The molecule has 1 heterocycles. The topological polar surface area (TPSA) is 4.93 Å². The predicted molar refractivity (Wildman–Crippen MR) is 95.6 cm³/mol. The third kappa shape index (κ3) is 2.58. The molecule has 1 nitrogen and oxygen atoms in total. The number of aryl methyl sites for hydroxylation is 1. The number of hydrogen-bond donors (Lipinski definition) is 0. The summed E-state index contributed by atoms with van der Waals surface area (Å²) in [5.74, 6) is 0. The van der Waals surface area contributed by atoms with Crippen LogP contribution in [0.15, 0.2) is 66.7 Å². The van der Waals surface area contributed by atoms with E-state index in [0.29, 0.717) is 0 Å². The van der Waals surface area contributed by atoms with E-state index < -0.39 is 11.7 Å². The van der Waals surface area contributed by atoms with Crippen molar-refractivity contribution in [2.75, 3.05) is 0 Å². The molecule has 1 aromatic heterocycles. The van der Waals surface area contributed by atoms with E-state index in [2.05, 4.69) is 29.7 Å². The molecule has 0 unspecified atom stereocenters. The lowest BCUT2D eigenvalue weighted by molar-refractivity contribution is -0.137. The first-order valence-corrected chi connectivity index (χ1v) is 8.17. The molecule has 126 valence electrons. The lowest BCUT2D eigenvalue weighted by Gasteiger charge is -2.08. The molecule has 0 fully saturated rings. The molecule has 0 amide bonds. The number of fused-ring (bicyclic) bond motifs is 3. The summed E-state index contributed by atoms with van der Waals surface area (Å²) in [5, 5.41) is 2.28. The number of alkyl halides is 3. The quantitative estimate of drug-likeness (QED) is 0.393. The van der Waals surface area contributed by atoms with E-state index in [1.54, 1.807) is 0 Å². The molecule has 0 bridgehead atoms. The van der Waals surface area contributed by atoms with Crippen LogP contribution in [0.2, 0.25) is 0 Å². The Labute approximate surface area is 143 Å². The Morgan fingerprint density at radius 2 is 1.40 bits per heavy atom. The van der Waals surface area contributed by atoms with E-state index in [9.17, 15) is 13.2 Å².